The van der Waals surface area contributed by atoms with E-state index < -0.39 is 21.0 Å². The summed E-state index contributed by atoms with van der Waals surface area (Å²) in [5.41, 5.74) is 3.27. The molecule has 0 aliphatic heterocycles. The molecule has 0 fully saturated rings. The minimum Gasteiger partial charge on any atom is -0.495 e. The van der Waals surface area contributed by atoms with Crippen LogP contribution < -0.4 is 9.46 Å². The highest BCUT2D eigenvalue weighted by molar-refractivity contribution is 7.89. The van der Waals surface area contributed by atoms with Gasteiger partial charge < -0.3 is 4.74 Å². The number of nitrogens with one attached hydrogen (secondary N) is 1. The van der Waals surface area contributed by atoms with Crippen molar-refractivity contribution < 1.29 is 18.1 Å². The topological polar surface area (TPSA) is 98.5 Å². The Kier molecular flexibility index (Phi) is 5.48. The molecule has 1 N–H and O–H groups in total. The number of methoxy groups -OCH3 is 1. The van der Waals surface area contributed by atoms with Crippen LogP contribution in [0.2, 0.25) is 0 Å². The molecule has 27 heavy (non-hydrogen) atoms. The molecule has 0 bridgehead atoms. The van der Waals surface area contributed by atoms with Crippen molar-refractivity contribution in [3.8, 4) is 5.75 Å². The first kappa shape index (κ1) is 19.3. The lowest BCUT2D eigenvalue weighted by Crippen LogP contribution is -2.27. The molecular weight excluding hydrogens is 368 g/mol. The third-order valence-electron chi connectivity index (χ3n) is 4.85. The maximum absolute atomic E-state index is 12.8. The SMILES string of the molecule is COc1cc([N+](=O)[O-])ccc1S(=O)(=O)NC(C)c1ccc2c(c1)CCCC2. The second-order valence-corrected chi connectivity index (χ2v) is 8.35. The third-order valence-corrected chi connectivity index (χ3v) is 6.43. The average molecular weight is 390 g/mol. The van der Waals surface area contributed by atoms with E-state index in [4.69, 9.17) is 4.74 Å². The first-order chi connectivity index (χ1) is 12.8. The van der Waals surface area contributed by atoms with Crippen LogP contribution in [0.4, 0.5) is 5.69 Å². The van der Waals surface area contributed by atoms with Crippen LogP contribution in [0.15, 0.2) is 41.3 Å². The van der Waals surface area contributed by atoms with Gasteiger partial charge >= 0.3 is 0 Å². The summed E-state index contributed by atoms with van der Waals surface area (Å²) in [6, 6.07) is 9.10. The highest BCUT2D eigenvalue weighted by Gasteiger charge is 2.25. The van der Waals surface area contributed by atoms with Crippen LogP contribution in [0.3, 0.4) is 0 Å². The summed E-state index contributed by atoms with van der Waals surface area (Å²) in [6.45, 7) is 1.78. The molecule has 0 radical (unpaired) electrons. The van der Waals surface area contributed by atoms with Crippen molar-refractivity contribution in [2.45, 2.75) is 43.5 Å². The summed E-state index contributed by atoms with van der Waals surface area (Å²) in [5, 5.41) is 10.9. The van der Waals surface area contributed by atoms with Crippen LogP contribution in [-0.4, -0.2) is 20.5 Å². The normalized spacial score (nSPS) is 15.0. The van der Waals surface area contributed by atoms with Crippen LogP contribution in [0.1, 0.15) is 42.5 Å². The van der Waals surface area contributed by atoms with Crippen LogP contribution in [0.25, 0.3) is 0 Å². The number of nitro groups is 1. The van der Waals surface area contributed by atoms with Crippen LogP contribution in [-0.2, 0) is 22.9 Å². The van der Waals surface area contributed by atoms with E-state index in [1.807, 2.05) is 6.07 Å². The second kappa shape index (κ2) is 7.66. The Morgan fingerprint density at radius 1 is 1.11 bits per heavy atom. The quantitative estimate of drug-likeness (QED) is 0.601. The second-order valence-electron chi connectivity index (χ2n) is 6.67. The highest BCUT2D eigenvalue weighted by Crippen LogP contribution is 2.30. The first-order valence-electron chi connectivity index (χ1n) is 8.78. The molecule has 1 unspecified atom stereocenters. The van der Waals surface area contributed by atoms with E-state index in [1.165, 1.54) is 30.7 Å². The van der Waals surface area contributed by atoms with Gasteiger partial charge in [-0.3, -0.25) is 10.1 Å². The molecular formula is C19H22N2O5S. The monoisotopic (exact) mass is 390 g/mol. The lowest BCUT2D eigenvalue weighted by molar-refractivity contribution is -0.385. The van der Waals surface area contributed by atoms with Crippen molar-refractivity contribution in [3.05, 3.63) is 63.2 Å². The van der Waals surface area contributed by atoms with Gasteiger partial charge in [0, 0.05) is 12.1 Å². The molecule has 0 spiro atoms. The first-order valence-corrected chi connectivity index (χ1v) is 10.3. The molecule has 0 saturated carbocycles. The molecule has 0 saturated heterocycles. The van der Waals surface area contributed by atoms with Crippen LogP contribution in [0.5, 0.6) is 5.75 Å². The molecule has 1 aliphatic rings. The maximum atomic E-state index is 12.8. The molecule has 2 aromatic carbocycles. The number of rotatable bonds is 6. The number of nitrogens with zero attached hydrogens (tertiary/aromatic N) is 1. The minimum atomic E-state index is -3.91. The number of nitro benzene ring substituents is 1. The fraction of sp³-hybridized carbons (Fsp3) is 0.368. The summed E-state index contributed by atoms with van der Waals surface area (Å²) in [6.07, 6.45) is 4.42. The Labute approximate surface area is 158 Å². The number of hydrogen-bond donors (Lipinski definition) is 1. The molecule has 144 valence electrons. The largest absolute Gasteiger partial charge is 0.495 e. The van der Waals surface area contributed by atoms with E-state index in [0.717, 1.165) is 37.0 Å². The van der Waals surface area contributed by atoms with Gasteiger partial charge in [-0.15, -0.1) is 0 Å². The number of aryl methyl sites for hydroxylation is 2. The van der Waals surface area contributed by atoms with Gasteiger partial charge in [-0.05, 0) is 55.4 Å². The number of benzene rings is 2. The summed E-state index contributed by atoms with van der Waals surface area (Å²) in [7, 11) is -2.63. The molecule has 1 aliphatic carbocycles. The van der Waals surface area contributed by atoms with Gasteiger partial charge in [0.1, 0.15) is 10.6 Å². The standard InChI is InChI=1S/C19H22N2O5S/c1-13(15-8-7-14-5-3-4-6-16(14)11-15)20-27(24,25)19-10-9-17(21(22)23)12-18(19)26-2/h7-13,20H,3-6H2,1-2H3. The fourth-order valence-electron chi connectivity index (χ4n) is 3.38. The summed E-state index contributed by atoms with van der Waals surface area (Å²) < 4.78 is 33.3. The Hall–Kier alpha value is -2.45. The van der Waals surface area contributed by atoms with Crippen molar-refractivity contribution in [2.75, 3.05) is 7.11 Å². The Bertz CT molecular complexity index is 972. The van der Waals surface area contributed by atoms with Crippen molar-refractivity contribution in [1.29, 1.82) is 0 Å². The van der Waals surface area contributed by atoms with Gasteiger partial charge in [0.05, 0.1) is 18.1 Å². The van der Waals surface area contributed by atoms with Crippen molar-refractivity contribution in [1.82, 2.24) is 4.72 Å². The van der Waals surface area contributed by atoms with Gasteiger partial charge in [0.15, 0.2) is 0 Å². The maximum Gasteiger partial charge on any atom is 0.273 e. The molecule has 0 amide bonds. The Morgan fingerprint density at radius 3 is 2.48 bits per heavy atom. The Morgan fingerprint density at radius 2 is 1.81 bits per heavy atom. The number of sulfonamides is 1. The van der Waals surface area contributed by atoms with Crippen molar-refractivity contribution in [3.63, 3.8) is 0 Å². The summed E-state index contributed by atoms with van der Waals surface area (Å²) in [5.74, 6) is -0.0608. The number of hydrogen-bond acceptors (Lipinski definition) is 5. The number of ether oxygens (including phenoxy) is 1. The predicted molar refractivity (Wildman–Crippen MR) is 101 cm³/mol. The van der Waals surface area contributed by atoms with Gasteiger partial charge in [0.25, 0.3) is 5.69 Å². The molecule has 8 heteroatoms. The van der Waals surface area contributed by atoms with E-state index in [1.54, 1.807) is 6.92 Å². The summed E-state index contributed by atoms with van der Waals surface area (Å²) in [4.78, 5) is 10.2. The lowest BCUT2D eigenvalue weighted by atomic mass is 9.89. The van der Waals surface area contributed by atoms with E-state index in [9.17, 15) is 18.5 Å². The average Bonchev–Trinajstić information content (AvgIpc) is 2.66. The third kappa shape index (κ3) is 4.12. The molecule has 3 rings (SSSR count). The van der Waals surface area contributed by atoms with E-state index in [2.05, 4.69) is 16.9 Å². The number of non-ortho nitro benzene ring substituents is 1. The fourth-order valence-corrected chi connectivity index (χ4v) is 4.76. The zero-order chi connectivity index (χ0) is 19.6. The van der Waals surface area contributed by atoms with E-state index in [0.29, 0.717) is 0 Å². The minimum absolute atomic E-state index is 0.0608. The van der Waals surface area contributed by atoms with Crippen LogP contribution in [0, 0.1) is 10.1 Å². The van der Waals surface area contributed by atoms with Crippen molar-refractivity contribution in [2.24, 2.45) is 0 Å². The zero-order valence-corrected chi connectivity index (χ0v) is 16.1. The highest BCUT2D eigenvalue weighted by atomic mass is 32.2. The van der Waals surface area contributed by atoms with Crippen LogP contribution >= 0.6 is 0 Å². The molecule has 2 aromatic rings. The van der Waals surface area contributed by atoms with Gasteiger partial charge in [-0.2, -0.15) is 0 Å². The van der Waals surface area contributed by atoms with E-state index >= 15 is 0 Å². The number of fused-ring (bicyclic) bond motifs is 1. The zero-order valence-electron chi connectivity index (χ0n) is 15.3. The van der Waals surface area contributed by atoms with Crippen molar-refractivity contribution >= 4 is 15.7 Å². The van der Waals surface area contributed by atoms with Gasteiger partial charge in [0.2, 0.25) is 10.0 Å². The smallest absolute Gasteiger partial charge is 0.273 e. The summed E-state index contributed by atoms with van der Waals surface area (Å²) >= 11 is 0. The molecule has 0 aromatic heterocycles. The predicted octanol–water partition coefficient (Wildman–Crippen LogP) is 3.52. The van der Waals surface area contributed by atoms with Gasteiger partial charge in [-0.1, -0.05) is 18.2 Å². The Balaban J connectivity index is 1.87. The van der Waals surface area contributed by atoms with Gasteiger partial charge in [-0.25, -0.2) is 13.1 Å². The lowest BCUT2D eigenvalue weighted by Gasteiger charge is -2.20. The molecule has 0 heterocycles. The molecule has 1 atom stereocenters. The van der Waals surface area contributed by atoms with E-state index in [-0.39, 0.29) is 16.3 Å². The molecule has 7 nitrogen and oxygen atoms in total.